The maximum Gasteiger partial charge on any atom is 0.407 e. The van der Waals surface area contributed by atoms with Gasteiger partial charge in [-0.15, -0.1) is 0 Å². The minimum atomic E-state index is -0.492. The second-order valence-corrected chi connectivity index (χ2v) is 6.40. The fourth-order valence-corrected chi connectivity index (χ4v) is 2.93. The van der Waals surface area contributed by atoms with Gasteiger partial charge in [-0.1, -0.05) is 0 Å². The number of alkyl carbamates (subject to hydrolysis) is 1. The Hall–Kier alpha value is -1.30. The zero-order valence-corrected chi connectivity index (χ0v) is 11.9. The summed E-state index contributed by atoms with van der Waals surface area (Å²) < 4.78 is 5.25. The Bertz CT molecular complexity index is 378. The topological polar surface area (TPSA) is 79.5 Å². The van der Waals surface area contributed by atoms with Crippen LogP contribution in [0.3, 0.4) is 0 Å². The van der Waals surface area contributed by atoms with Crippen molar-refractivity contribution in [3.05, 3.63) is 0 Å². The third-order valence-electron chi connectivity index (χ3n) is 3.72. The molecule has 0 bridgehead atoms. The predicted molar refractivity (Wildman–Crippen MR) is 70.1 cm³/mol. The first kappa shape index (κ1) is 14.1. The Labute approximate surface area is 113 Å². The Balaban J connectivity index is 1.84. The van der Waals surface area contributed by atoms with Crippen LogP contribution in [0.5, 0.6) is 0 Å². The zero-order valence-electron chi connectivity index (χ0n) is 11.9. The molecule has 108 valence electrons. The number of nitrogens with one attached hydrogen (secondary N) is 3. The molecule has 2 fully saturated rings. The number of hydrogen-bond acceptors (Lipinski definition) is 4. The van der Waals surface area contributed by atoms with Gasteiger partial charge in [0.2, 0.25) is 5.91 Å². The summed E-state index contributed by atoms with van der Waals surface area (Å²) >= 11 is 0. The average molecular weight is 269 g/mol. The first-order valence-corrected chi connectivity index (χ1v) is 6.78. The lowest BCUT2D eigenvalue weighted by molar-refractivity contribution is -0.126. The van der Waals surface area contributed by atoms with Crippen LogP contribution in [0.15, 0.2) is 0 Å². The summed E-state index contributed by atoms with van der Waals surface area (Å²) in [4.78, 5) is 23.6. The molecule has 2 amide bonds. The van der Waals surface area contributed by atoms with E-state index in [1.54, 1.807) is 7.05 Å². The van der Waals surface area contributed by atoms with Crippen molar-refractivity contribution in [2.75, 3.05) is 7.05 Å². The number of carbonyl (C=O) groups excluding carboxylic acids is 2. The lowest BCUT2D eigenvalue weighted by Gasteiger charge is -2.23. The summed E-state index contributed by atoms with van der Waals surface area (Å²) in [6, 6.07) is 0.0625. The van der Waals surface area contributed by atoms with Crippen molar-refractivity contribution in [3.63, 3.8) is 0 Å². The molecule has 0 aliphatic heterocycles. The van der Waals surface area contributed by atoms with Crippen molar-refractivity contribution < 1.29 is 14.3 Å². The van der Waals surface area contributed by atoms with Crippen molar-refractivity contribution >= 4 is 12.0 Å². The molecule has 6 heteroatoms. The second kappa shape index (κ2) is 5.00. The van der Waals surface area contributed by atoms with Crippen molar-refractivity contribution in [1.29, 1.82) is 0 Å². The zero-order chi connectivity index (χ0) is 14.2. The molecule has 0 aromatic rings. The Morgan fingerprint density at radius 3 is 2.42 bits per heavy atom. The fraction of sp³-hybridized carbons (Fsp3) is 0.846. The lowest BCUT2D eigenvalue weighted by Crippen LogP contribution is -2.42. The molecule has 3 N–H and O–H groups in total. The molecule has 0 saturated heterocycles. The molecule has 6 nitrogen and oxygen atoms in total. The van der Waals surface area contributed by atoms with Crippen LogP contribution in [-0.4, -0.2) is 30.7 Å². The highest BCUT2D eigenvalue weighted by Gasteiger charge is 2.57. The average Bonchev–Trinajstić information content (AvgIpc) is 2.95. The van der Waals surface area contributed by atoms with E-state index in [2.05, 4.69) is 16.2 Å². The summed E-state index contributed by atoms with van der Waals surface area (Å²) in [5.41, 5.74) is 4.79. The summed E-state index contributed by atoms with van der Waals surface area (Å²) in [5.74, 6) is 0.856. The molecular formula is C13H23N3O3. The van der Waals surface area contributed by atoms with Gasteiger partial charge in [0.15, 0.2) is 0 Å². The molecule has 2 rings (SSSR count). The molecule has 0 aromatic heterocycles. The maximum absolute atomic E-state index is 11.8. The van der Waals surface area contributed by atoms with Gasteiger partial charge in [-0.05, 0) is 45.4 Å². The molecule has 2 saturated carbocycles. The molecule has 2 aliphatic carbocycles. The Morgan fingerprint density at radius 1 is 1.16 bits per heavy atom. The van der Waals surface area contributed by atoms with E-state index in [-0.39, 0.29) is 17.9 Å². The first-order valence-electron chi connectivity index (χ1n) is 6.78. The smallest absolute Gasteiger partial charge is 0.407 e. The van der Waals surface area contributed by atoms with Gasteiger partial charge in [-0.3, -0.25) is 10.2 Å². The predicted octanol–water partition coefficient (Wildman–Crippen LogP) is 0.786. The summed E-state index contributed by atoms with van der Waals surface area (Å²) in [5, 5.41) is 2.89. The van der Waals surface area contributed by atoms with Crippen LogP contribution in [0.4, 0.5) is 4.79 Å². The van der Waals surface area contributed by atoms with Gasteiger partial charge in [0, 0.05) is 19.0 Å². The van der Waals surface area contributed by atoms with Crippen molar-refractivity contribution in [2.24, 2.45) is 17.8 Å². The van der Waals surface area contributed by atoms with Gasteiger partial charge >= 0.3 is 6.09 Å². The van der Waals surface area contributed by atoms with E-state index in [1.165, 1.54) is 0 Å². The number of carbonyl (C=O) groups is 2. The van der Waals surface area contributed by atoms with Crippen LogP contribution in [0.2, 0.25) is 0 Å². The number of ether oxygens (including phenoxy) is 1. The minimum absolute atomic E-state index is 0.00242. The molecule has 0 radical (unpaired) electrons. The van der Waals surface area contributed by atoms with Gasteiger partial charge in [0.1, 0.15) is 5.60 Å². The van der Waals surface area contributed by atoms with Crippen LogP contribution in [0.25, 0.3) is 0 Å². The molecule has 0 unspecified atom stereocenters. The molecule has 0 heterocycles. The third-order valence-corrected chi connectivity index (χ3v) is 3.72. The van der Waals surface area contributed by atoms with Crippen molar-refractivity contribution in [3.8, 4) is 0 Å². The maximum atomic E-state index is 11.8. The standard InChI is InChI=1S/C13H23N3O3/c1-13(2,3)19-12(18)15-10-6-9(7-5-8(7)10)11(17)16-14-4/h7-10,14H,5-6H2,1-4H3,(H,15,18)(H,16,17)/t7-,8+,9+,10-/m1/s1. The van der Waals surface area contributed by atoms with Crippen LogP contribution < -0.4 is 16.2 Å². The van der Waals surface area contributed by atoms with E-state index in [0.717, 1.165) is 6.42 Å². The van der Waals surface area contributed by atoms with Gasteiger partial charge in [-0.25, -0.2) is 10.2 Å². The van der Waals surface area contributed by atoms with E-state index >= 15 is 0 Å². The van der Waals surface area contributed by atoms with Crippen LogP contribution in [0, 0.1) is 17.8 Å². The highest BCUT2D eigenvalue weighted by molar-refractivity contribution is 5.80. The monoisotopic (exact) mass is 269 g/mol. The number of fused-ring (bicyclic) bond motifs is 1. The molecule has 2 aliphatic rings. The van der Waals surface area contributed by atoms with Crippen molar-refractivity contribution in [2.45, 2.75) is 45.3 Å². The van der Waals surface area contributed by atoms with E-state index < -0.39 is 11.7 Å². The normalized spacial score (nSPS) is 32.4. The van der Waals surface area contributed by atoms with E-state index in [0.29, 0.717) is 18.3 Å². The van der Waals surface area contributed by atoms with E-state index in [9.17, 15) is 9.59 Å². The highest BCUT2D eigenvalue weighted by Crippen LogP contribution is 2.55. The largest absolute Gasteiger partial charge is 0.444 e. The Morgan fingerprint density at radius 2 is 1.84 bits per heavy atom. The first-order chi connectivity index (χ1) is 8.81. The number of hydrogen-bond donors (Lipinski definition) is 3. The summed E-state index contributed by atoms with van der Waals surface area (Å²) in [6.07, 6.45) is 1.32. The SMILES string of the molecule is CNNC(=O)[C@H]1C[C@@H](NC(=O)OC(C)(C)C)[C@H]2C[C@H]21. The van der Waals surface area contributed by atoms with Gasteiger partial charge in [0.25, 0.3) is 0 Å². The van der Waals surface area contributed by atoms with Crippen LogP contribution >= 0.6 is 0 Å². The van der Waals surface area contributed by atoms with Gasteiger partial charge in [0.05, 0.1) is 0 Å². The van der Waals surface area contributed by atoms with Crippen LogP contribution in [0.1, 0.15) is 33.6 Å². The van der Waals surface area contributed by atoms with Crippen LogP contribution in [-0.2, 0) is 9.53 Å². The third kappa shape index (κ3) is 3.37. The van der Waals surface area contributed by atoms with E-state index in [1.807, 2.05) is 20.8 Å². The molecular weight excluding hydrogens is 246 g/mol. The minimum Gasteiger partial charge on any atom is -0.444 e. The van der Waals surface area contributed by atoms with E-state index in [4.69, 9.17) is 4.74 Å². The number of rotatable bonds is 3. The number of amides is 2. The number of hydrazine groups is 1. The van der Waals surface area contributed by atoms with Gasteiger partial charge in [-0.2, -0.15) is 0 Å². The van der Waals surface area contributed by atoms with Gasteiger partial charge < -0.3 is 10.1 Å². The quantitative estimate of drug-likeness (QED) is 0.662. The Kier molecular flexibility index (Phi) is 3.71. The highest BCUT2D eigenvalue weighted by atomic mass is 16.6. The lowest BCUT2D eigenvalue weighted by atomic mass is 10.0. The second-order valence-electron chi connectivity index (χ2n) is 6.40. The summed E-state index contributed by atoms with van der Waals surface area (Å²) in [6.45, 7) is 5.51. The molecule has 19 heavy (non-hydrogen) atoms. The molecule has 0 aromatic carbocycles. The molecule has 0 spiro atoms. The fourth-order valence-electron chi connectivity index (χ4n) is 2.93. The molecule has 4 atom stereocenters. The van der Waals surface area contributed by atoms with Crippen molar-refractivity contribution in [1.82, 2.24) is 16.2 Å². The summed E-state index contributed by atoms with van der Waals surface area (Å²) in [7, 11) is 1.67.